The highest BCUT2D eigenvalue weighted by Crippen LogP contribution is 2.25. The Morgan fingerprint density at radius 1 is 1.21 bits per heavy atom. The summed E-state index contributed by atoms with van der Waals surface area (Å²) >= 11 is 2.25. The number of hydrogen-bond donors (Lipinski definition) is 1. The van der Waals surface area contributed by atoms with E-state index in [1.54, 1.807) is 6.07 Å². The Hall–Kier alpha value is -1.14. The first-order valence-electron chi connectivity index (χ1n) is 5.98. The Balaban J connectivity index is 2.14. The molecule has 0 radical (unpaired) electrons. The van der Waals surface area contributed by atoms with E-state index in [1.807, 2.05) is 31.2 Å². The fourth-order valence-electron chi connectivity index (χ4n) is 1.75. The van der Waals surface area contributed by atoms with Crippen LogP contribution in [-0.2, 0) is 6.61 Å². The molecule has 2 aromatic carbocycles. The molecular weight excluding hydrogens is 356 g/mol. The molecule has 0 saturated heterocycles. The number of nitrogens with two attached hydrogens (primary N) is 1. The van der Waals surface area contributed by atoms with Gasteiger partial charge in [0, 0.05) is 21.2 Å². The lowest BCUT2D eigenvalue weighted by Crippen LogP contribution is -2.08. The molecule has 2 rings (SSSR count). The largest absolute Gasteiger partial charge is 0.488 e. The maximum absolute atomic E-state index is 13.3. The molecule has 0 spiro atoms. The van der Waals surface area contributed by atoms with Crippen LogP contribution >= 0.6 is 22.6 Å². The minimum atomic E-state index is -0.318. The van der Waals surface area contributed by atoms with E-state index in [-0.39, 0.29) is 11.9 Å². The van der Waals surface area contributed by atoms with E-state index in [2.05, 4.69) is 22.6 Å². The predicted molar refractivity (Wildman–Crippen MR) is 82.5 cm³/mol. The summed E-state index contributed by atoms with van der Waals surface area (Å²) in [5, 5.41) is 0. The molecule has 4 heteroatoms. The lowest BCUT2D eigenvalue weighted by atomic mass is 10.1. The smallest absolute Gasteiger partial charge is 0.127 e. The van der Waals surface area contributed by atoms with Crippen LogP contribution in [0, 0.1) is 9.39 Å². The van der Waals surface area contributed by atoms with Crippen LogP contribution in [0.3, 0.4) is 0 Å². The van der Waals surface area contributed by atoms with Crippen LogP contribution in [0.1, 0.15) is 24.1 Å². The van der Waals surface area contributed by atoms with Gasteiger partial charge >= 0.3 is 0 Å². The average Bonchev–Trinajstić information content (AvgIpc) is 2.38. The zero-order valence-electron chi connectivity index (χ0n) is 10.6. The Bertz CT molecular complexity index is 555. The van der Waals surface area contributed by atoms with Crippen molar-refractivity contribution in [3.8, 4) is 5.75 Å². The topological polar surface area (TPSA) is 35.2 Å². The summed E-state index contributed by atoms with van der Waals surface area (Å²) in [6.45, 7) is 2.26. The molecular formula is C15H15FINO. The van der Waals surface area contributed by atoms with Crippen molar-refractivity contribution < 1.29 is 9.13 Å². The fraction of sp³-hybridized carbons (Fsp3) is 0.200. The van der Waals surface area contributed by atoms with E-state index in [4.69, 9.17) is 10.5 Å². The Morgan fingerprint density at radius 3 is 2.53 bits per heavy atom. The van der Waals surface area contributed by atoms with Crippen LogP contribution in [0.25, 0.3) is 0 Å². The molecule has 0 bridgehead atoms. The van der Waals surface area contributed by atoms with Crippen molar-refractivity contribution in [1.82, 2.24) is 0 Å². The van der Waals surface area contributed by atoms with Crippen LogP contribution in [0.2, 0.25) is 0 Å². The summed E-state index contributed by atoms with van der Waals surface area (Å²) in [5.41, 5.74) is 7.70. The third-order valence-corrected chi connectivity index (χ3v) is 3.49. The van der Waals surface area contributed by atoms with Crippen molar-refractivity contribution >= 4 is 22.6 Å². The lowest BCUT2D eigenvalue weighted by Gasteiger charge is -2.14. The van der Waals surface area contributed by atoms with Crippen molar-refractivity contribution in [1.29, 1.82) is 0 Å². The normalized spacial score (nSPS) is 12.2. The number of benzene rings is 2. The molecule has 1 atom stereocenters. The lowest BCUT2D eigenvalue weighted by molar-refractivity contribution is 0.300. The molecule has 0 fully saturated rings. The number of rotatable bonds is 4. The van der Waals surface area contributed by atoms with Crippen molar-refractivity contribution in [3.05, 3.63) is 63.0 Å². The molecule has 0 unspecified atom stereocenters. The molecule has 2 N–H and O–H groups in total. The molecule has 100 valence electrons. The highest BCUT2D eigenvalue weighted by Gasteiger charge is 2.09. The number of halogens is 2. The number of ether oxygens (including phenoxy) is 1. The molecule has 2 nitrogen and oxygen atoms in total. The summed E-state index contributed by atoms with van der Waals surface area (Å²) in [6, 6.07) is 12.3. The van der Waals surface area contributed by atoms with Gasteiger partial charge in [-0.3, -0.25) is 0 Å². The van der Waals surface area contributed by atoms with E-state index < -0.39 is 0 Å². The van der Waals surface area contributed by atoms with Gasteiger partial charge in [0.15, 0.2) is 0 Å². The van der Waals surface area contributed by atoms with Crippen molar-refractivity contribution in [2.45, 2.75) is 19.6 Å². The first kappa shape index (κ1) is 14.3. The predicted octanol–water partition coefficient (Wildman–Crippen LogP) is 4.03. The zero-order valence-corrected chi connectivity index (χ0v) is 12.7. The van der Waals surface area contributed by atoms with Gasteiger partial charge in [-0.15, -0.1) is 0 Å². The van der Waals surface area contributed by atoms with Crippen LogP contribution in [0.4, 0.5) is 4.39 Å². The highest BCUT2D eigenvalue weighted by atomic mass is 127. The molecule has 0 saturated carbocycles. The highest BCUT2D eigenvalue weighted by molar-refractivity contribution is 14.1. The van der Waals surface area contributed by atoms with Gasteiger partial charge in [-0.1, -0.05) is 18.2 Å². The van der Waals surface area contributed by atoms with Crippen molar-refractivity contribution in [2.75, 3.05) is 0 Å². The summed E-state index contributed by atoms with van der Waals surface area (Å²) in [5.74, 6) is 0.190. The minimum Gasteiger partial charge on any atom is -0.488 e. The molecule has 0 heterocycles. The minimum absolute atomic E-state index is 0.188. The van der Waals surface area contributed by atoms with Gasteiger partial charge in [0.25, 0.3) is 0 Å². The van der Waals surface area contributed by atoms with Gasteiger partial charge in [0.2, 0.25) is 0 Å². The van der Waals surface area contributed by atoms with E-state index in [0.717, 1.165) is 11.1 Å². The van der Waals surface area contributed by atoms with Gasteiger partial charge in [0.05, 0.1) is 0 Å². The monoisotopic (exact) mass is 371 g/mol. The van der Waals surface area contributed by atoms with Crippen molar-refractivity contribution in [2.24, 2.45) is 5.73 Å². The molecule has 0 aliphatic carbocycles. The SMILES string of the molecule is C[C@H](N)c1ccc(F)cc1OCc1ccc(I)cc1. The van der Waals surface area contributed by atoms with Crippen LogP contribution < -0.4 is 10.5 Å². The molecule has 0 amide bonds. The summed E-state index contributed by atoms with van der Waals surface area (Å²) < 4.78 is 20.1. The van der Waals surface area contributed by atoms with Gasteiger partial charge in [-0.25, -0.2) is 4.39 Å². The van der Waals surface area contributed by atoms with Crippen LogP contribution in [0.5, 0.6) is 5.75 Å². The zero-order chi connectivity index (χ0) is 13.8. The Labute approximate surface area is 125 Å². The van der Waals surface area contributed by atoms with E-state index in [9.17, 15) is 4.39 Å². The summed E-state index contributed by atoms with van der Waals surface area (Å²) in [4.78, 5) is 0. The van der Waals surface area contributed by atoms with E-state index in [0.29, 0.717) is 12.4 Å². The molecule has 2 aromatic rings. The van der Waals surface area contributed by atoms with E-state index in [1.165, 1.54) is 15.7 Å². The Morgan fingerprint density at radius 2 is 1.89 bits per heavy atom. The molecule has 0 aliphatic heterocycles. The van der Waals surface area contributed by atoms with Gasteiger partial charge in [-0.2, -0.15) is 0 Å². The second-order valence-corrected chi connectivity index (χ2v) is 5.63. The molecule has 0 aliphatic rings. The van der Waals surface area contributed by atoms with Crippen LogP contribution in [-0.4, -0.2) is 0 Å². The third-order valence-electron chi connectivity index (χ3n) is 2.77. The van der Waals surface area contributed by atoms with Gasteiger partial charge in [-0.05, 0) is 53.3 Å². The number of hydrogen-bond acceptors (Lipinski definition) is 2. The summed E-state index contributed by atoms with van der Waals surface area (Å²) in [7, 11) is 0. The Kier molecular flexibility index (Phi) is 4.76. The second kappa shape index (κ2) is 6.34. The summed E-state index contributed by atoms with van der Waals surface area (Å²) in [6.07, 6.45) is 0. The second-order valence-electron chi connectivity index (χ2n) is 4.39. The van der Waals surface area contributed by atoms with E-state index >= 15 is 0 Å². The average molecular weight is 371 g/mol. The standard InChI is InChI=1S/C15H15FINO/c1-10(18)14-7-4-12(16)8-15(14)19-9-11-2-5-13(17)6-3-11/h2-8,10H,9,18H2,1H3/t10-/m0/s1. The van der Waals surface area contributed by atoms with Gasteiger partial charge in [0.1, 0.15) is 18.2 Å². The third kappa shape index (κ3) is 3.91. The van der Waals surface area contributed by atoms with Crippen LogP contribution in [0.15, 0.2) is 42.5 Å². The molecule has 0 aromatic heterocycles. The quantitative estimate of drug-likeness (QED) is 0.824. The fourth-order valence-corrected chi connectivity index (χ4v) is 2.11. The maximum Gasteiger partial charge on any atom is 0.127 e. The first-order chi connectivity index (χ1) is 9.06. The molecule has 19 heavy (non-hydrogen) atoms. The van der Waals surface area contributed by atoms with Crippen molar-refractivity contribution in [3.63, 3.8) is 0 Å². The van der Waals surface area contributed by atoms with Gasteiger partial charge < -0.3 is 10.5 Å². The maximum atomic E-state index is 13.3. The first-order valence-corrected chi connectivity index (χ1v) is 7.06.